The van der Waals surface area contributed by atoms with Crippen LogP contribution in [0.15, 0.2) is 63.7 Å². The van der Waals surface area contributed by atoms with Crippen LogP contribution in [0, 0.1) is 12.7 Å². The number of halogens is 1. The molecule has 1 N–H and O–H groups in total. The number of thiophene rings is 1. The van der Waals surface area contributed by atoms with E-state index < -0.39 is 29.3 Å². The Labute approximate surface area is 157 Å². The number of hydrogen-bond acceptors (Lipinski definition) is 6. The lowest BCUT2D eigenvalue weighted by molar-refractivity contribution is -0.117. The highest BCUT2D eigenvalue weighted by molar-refractivity contribution is 7.12. The number of aryl methyl sites for hydroxylation is 1. The molecule has 27 heavy (non-hydrogen) atoms. The minimum absolute atomic E-state index is 0.0791. The minimum Gasteiger partial charge on any atom is -0.503 e. The summed E-state index contributed by atoms with van der Waals surface area (Å²) in [4.78, 5) is 27.2. The Morgan fingerprint density at radius 1 is 1.30 bits per heavy atom. The zero-order valence-electron chi connectivity index (χ0n) is 14.0. The second kappa shape index (κ2) is 6.48. The van der Waals surface area contributed by atoms with Crippen LogP contribution in [-0.4, -0.2) is 22.0 Å². The molecule has 136 valence electrons. The van der Waals surface area contributed by atoms with E-state index in [-0.39, 0.29) is 17.0 Å². The Morgan fingerprint density at radius 3 is 2.70 bits per heavy atom. The lowest BCUT2D eigenvalue weighted by Crippen LogP contribution is -2.31. The number of aliphatic hydroxyl groups excluding tert-OH is 1. The molecule has 3 heterocycles. The smallest absolute Gasteiger partial charge is 0.295 e. The van der Waals surface area contributed by atoms with Gasteiger partial charge in [0.25, 0.3) is 5.91 Å². The lowest BCUT2D eigenvalue weighted by Gasteiger charge is -2.24. The van der Waals surface area contributed by atoms with E-state index in [0.717, 1.165) is 4.90 Å². The number of carbonyl (C=O) groups excluding carboxylic acids is 2. The molecule has 1 aliphatic rings. The summed E-state index contributed by atoms with van der Waals surface area (Å²) >= 11 is 1.17. The summed E-state index contributed by atoms with van der Waals surface area (Å²) in [7, 11) is 0. The van der Waals surface area contributed by atoms with Gasteiger partial charge in [0.15, 0.2) is 11.6 Å². The van der Waals surface area contributed by atoms with E-state index in [1.165, 1.54) is 35.6 Å². The molecule has 6 nitrogen and oxygen atoms in total. The van der Waals surface area contributed by atoms with Gasteiger partial charge in [-0.2, -0.15) is 0 Å². The summed E-state index contributed by atoms with van der Waals surface area (Å²) in [5.41, 5.74) is -0.108. The van der Waals surface area contributed by atoms with Crippen molar-refractivity contribution in [1.82, 2.24) is 5.16 Å². The monoisotopic (exact) mass is 384 g/mol. The predicted molar refractivity (Wildman–Crippen MR) is 96.2 cm³/mol. The minimum atomic E-state index is -1.15. The molecule has 0 saturated carbocycles. The van der Waals surface area contributed by atoms with E-state index in [1.54, 1.807) is 30.5 Å². The van der Waals surface area contributed by atoms with Crippen LogP contribution in [0.5, 0.6) is 0 Å². The van der Waals surface area contributed by atoms with Crippen LogP contribution in [-0.2, 0) is 4.79 Å². The zero-order chi connectivity index (χ0) is 19.1. The Morgan fingerprint density at radius 2 is 2.07 bits per heavy atom. The Hall–Kier alpha value is -3.26. The van der Waals surface area contributed by atoms with Crippen molar-refractivity contribution < 1.29 is 23.6 Å². The topological polar surface area (TPSA) is 83.6 Å². The van der Waals surface area contributed by atoms with Gasteiger partial charge in [-0.1, -0.05) is 29.4 Å². The number of hydrogen-bond donors (Lipinski definition) is 1. The third-order valence-electron chi connectivity index (χ3n) is 4.26. The molecule has 1 aromatic carbocycles. The van der Waals surface area contributed by atoms with Crippen molar-refractivity contribution in [2.75, 3.05) is 4.90 Å². The number of aromatic nitrogens is 1. The summed E-state index contributed by atoms with van der Waals surface area (Å²) < 4.78 is 19.6. The van der Waals surface area contributed by atoms with Gasteiger partial charge in [-0.05, 0) is 24.4 Å². The normalized spacial score (nSPS) is 17.0. The largest absolute Gasteiger partial charge is 0.503 e. The van der Waals surface area contributed by atoms with E-state index in [0.29, 0.717) is 10.6 Å². The van der Waals surface area contributed by atoms with Gasteiger partial charge in [-0.25, -0.2) is 4.39 Å². The molecular formula is C19H13FN2O4S. The molecule has 0 fully saturated rings. The maximum atomic E-state index is 14.6. The van der Waals surface area contributed by atoms with Crippen LogP contribution in [0.4, 0.5) is 10.2 Å². The SMILES string of the molecule is Cc1cc(N2C(=O)C(O)=C(C(=O)c3cccs3)[C@H]2c2ccccc2F)no1. The highest BCUT2D eigenvalue weighted by Crippen LogP contribution is 2.42. The van der Waals surface area contributed by atoms with Gasteiger partial charge >= 0.3 is 0 Å². The number of nitrogens with zero attached hydrogens (tertiary/aromatic N) is 2. The summed E-state index contributed by atoms with van der Waals surface area (Å²) in [6.45, 7) is 1.64. The second-order valence-electron chi connectivity index (χ2n) is 5.96. The second-order valence-corrected chi connectivity index (χ2v) is 6.91. The molecule has 4 rings (SSSR count). The van der Waals surface area contributed by atoms with E-state index in [4.69, 9.17) is 4.52 Å². The Balaban J connectivity index is 1.91. The van der Waals surface area contributed by atoms with Crippen LogP contribution < -0.4 is 4.90 Å². The van der Waals surface area contributed by atoms with Crippen molar-refractivity contribution >= 4 is 28.8 Å². The standard InChI is InChI=1S/C19H13FN2O4S/c1-10-9-14(21-26-10)22-16(11-5-2-3-6-12(11)20)15(18(24)19(22)25)17(23)13-7-4-8-27-13/h2-9,16,24H,1H3/t16-/m1/s1. The summed E-state index contributed by atoms with van der Waals surface area (Å²) in [6, 6.07) is 9.39. The average Bonchev–Trinajstić information content (AvgIpc) is 3.37. The molecule has 0 aliphatic carbocycles. The number of carbonyl (C=O) groups is 2. The van der Waals surface area contributed by atoms with Crippen LogP contribution in [0.3, 0.4) is 0 Å². The molecule has 0 unspecified atom stereocenters. The molecule has 8 heteroatoms. The number of benzene rings is 1. The third kappa shape index (κ3) is 2.74. The van der Waals surface area contributed by atoms with E-state index in [9.17, 15) is 19.1 Å². The van der Waals surface area contributed by atoms with Crippen LogP contribution in [0.25, 0.3) is 0 Å². The van der Waals surface area contributed by atoms with Gasteiger partial charge in [0, 0.05) is 11.6 Å². The molecule has 1 atom stereocenters. The van der Waals surface area contributed by atoms with Gasteiger partial charge in [-0.15, -0.1) is 11.3 Å². The molecule has 1 aliphatic heterocycles. The Kier molecular flexibility index (Phi) is 4.12. The molecule has 3 aromatic rings. The van der Waals surface area contributed by atoms with Gasteiger partial charge in [0.05, 0.1) is 16.5 Å². The van der Waals surface area contributed by atoms with Crippen molar-refractivity contribution in [2.45, 2.75) is 13.0 Å². The number of rotatable bonds is 4. The number of amides is 1. The lowest BCUT2D eigenvalue weighted by atomic mass is 9.95. The van der Waals surface area contributed by atoms with Crippen LogP contribution >= 0.6 is 11.3 Å². The predicted octanol–water partition coefficient (Wildman–Crippen LogP) is 3.97. The zero-order valence-corrected chi connectivity index (χ0v) is 14.9. The first kappa shape index (κ1) is 17.2. The van der Waals surface area contributed by atoms with Crippen LogP contribution in [0.2, 0.25) is 0 Å². The fourth-order valence-corrected chi connectivity index (χ4v) is 3.75. The van der Waals surface area contributed by atoms with E-state index in [2.05, 4.69) is 5.16 Å². The molecule has 1 amide bonds. The van der Waals surface area contributed by atoms with Gasteiger partial charge in [0.1, 0.15) is 11.6 Å². The highest BCUT2D eigenvalue weighted by atomic mass is 32.1. The highest BCUT2D eigenvalue weighted by Gasteiger charge is 2.46. The maximum absolute atomic E-state index is 14.6. The van der Waals surface area contributed by atoms with Crippen molar-refractivity contribution in [1.29, 1.82) is 0 Å². The number of anilines is 1. The van der Waals surface area contributed by atoms with E-state index in [1.807, 2.05) is 0 Å². The van der Waals surface area contributed by atoms with E-state index >= 15 is 0 Å². The van der Waals surface area contributed by atoms with Crippen molar-refractivity contribution in [2.24, 2.45) is 0 Å². The third-order valence-corrected chi connectivity index (χ3v) is 5.13. The summed E-state index contributed by atoms with van der Waals surface area (Å²) in [5, 5.41) is 16.0. The van der Waals surface area contributed by atoms with Crippen molar-refractivity contribution in [3.8, 4) is 0 Å². The molecule has 0 radical (unpaired) electrons. The van der Waals surface area contributed by atoms with Gasteiger partial charge in [-0.3, -0.25) is 14.5 Å². The molecule has 0 bridgehead atoms. The molecule has 0 spiro atoms. The fourth-order valence-electron chi connectivity index (χ4n) is 3.07. The molecule has 0 saturated heterocycles. The number of aliphatic hydroxyl groups is 1. The van der Waals surface area contributed by atoms with Crippen molar-refractivity contribution in [3.05, 3.63) is 81.2 Å². The van der Waals surface area contributed by atoms with Gasteiger partial charge < -0.3 is 9.63 Å². The number of Topliss-reactive ketones (excluding diaryl/α,β-unsaturated/α-hetero) is 1. The Bertz CT molecular complexity index is 1070. The first-order valence-corrected chi connectivity index (χ1v) is 8.89. The summed E-state index contributed by atoms with van der Waals surface area (Å²) in [5.74, 6) is -2.17. The maximum Gasteiger partial charge on any atom is 0.295 e. The fraction of sp³-hybridized carbons (Fsp3) is 0.105. The first-order chi connectivity index (χ1) is 13.0. The number of ketones is 1. The quantitative estimate of drug-likeness (QED) is 0.688. The summed E-state index contributed by atoms with van der Waals surface area (Å²) in [6.07, 6.45) is 0. The van der Waals surface area contributed by atoms with Crippen LogP contribution in [0.1, 0.15) is 27.0 Å². The van der Waals surface area contributed by atoms with Gasteiger partial charge in [0.2, 0.25) is 5.78 Å². The molecular weight excluding hydrogens is 371 g/mol. The molecule has 2 aromatic heterocycles. The van der Waals surface area contributed by atoms with Crippen molar-refractivity contribution in [3.63, 3.8) is 0 Å². The first-order valence-electron chi connectivity index (χ1n) is 8.01. The average molecular weight is 384 g/mol.